The Bertz CT molecular complexity index is 1140. The second kappa shape index (κ2) is 38.6. The molecule has 0 radical (unpaired) electrons. The molecule has 2 unspecified atom stereocenters. The number of nitrogens with zero attached hydrogens (tertiary/aromatic N) is 1. The van der Waals surface area contributed by atoms with Gasteiger partial charge in [0.15, 0.2) is 6.10 Å². The summed E-state index contributed by atoms with van der Waals surface area (Å²) in [7, 11) is 5.38. The van der Waals surface area contributed by atoms with E-state index in [0.717, 1.165) is 70.6 Å². The van der Waals surface area contributed by atoms with E-state index in [9.17, 15) is 19.5 Å². The molecule has 320 valence electrons. The SMILES string of the molecule is CC/C=C/C/C=C/C/C=C/C/C=C/C/C=C/C/C=C/CCCCC(=O)OC(COCCC(C(=O)[O-])[N+](C)(C)C)COC(=O)CCCCCCCCCCCCC. The van der Waals surface area contributed by atoms with Gasteiger partial charge in [-0.25, -0.2) is 0 Å². The van der Waals surface area contributed by atoms with Crippen molar-refractivity contribution in [1.82, 2.24) is 0 Å². The Balaban J connectivity index is 4.43. The minimum absolute atomic E-state index is 0.0207. The summed E-state index contributed by atoms with van der Waals surface area (Å²) in [6.07, 6.45) is 47.9. The third kappa shape index (κ3) is 36.4. The zero-order valence-electron chi connectivity index (χ0n) is 36.3. The zero-order chi connectivity index (χ0) is 41.4. The highest BCUT2D eigenvalue weighted by molar-refractivity contribution is 5.70. The largest absolute Gasteiger partial charge is 0.544 e. The number of carboxylic acids is 1. The van der Waals surface area contributed by atoms with Crippen molar-refractivity contribution in [3.63, 3.8) is 0 Å². The molecule has 0 aromatic heterocycles. The van der Waals surface area contributed by atoms with Crippen molar-refractivity contribution < 1.29 is 38.2 Å². The number of aliphatic carboxylic acids is 1. The van der Waals surface area contributed by atoms with Crippen LogP contribution in [-0.2, 0) is 28.6 Å². The first kappa shape index (κ1) is 52.8. The predicted octanol–water partition coefficient (Wildman–Crippen LogP) is 10.6. The van der Waals surface area contributed by atoms with Crippen LogP contribution in [0, 0.1) is 0 Å². The lowest BCUT2D eigenvalue weighted by Gasteiger charge is -2.34. The van der Waals surface area contributed by atoms with E-state index in [1.807, 2.05) is 0 Å². The molecule has 0 aliphatic heterocycles. The van der Waals surface area contributed by atoms with Gasteiger partial charge in [0.1, 0.15) is 12.6 Å². The highest BCUT2D eigenvalue weighted by Gasteiger charge is 2.25. The summed E-state index contributed by atoms with van der Waals surface area (Å²) in [5, 5.41) is 11.6. The van der Waals surface area contributed by atoms with Gasteiger partial charge < -0.3 is 28.6 Å². The van der Waals surface area contributed by atoms with Crippen molar-refractivity contribution >= 4 is 17.9 Å². The summed E-state index contributed by atoms with van der Waals surface area (Å²) in [5.41, 5.74) is 0. The van der Waals surface area contributed by atoms with Gasteiger partial charge in [-0.15, -0.1) is 0 Å². The zero-order valence-corrected chi connectivity index (χ0v) is 36.3. The van der Waals surface area contributed by atoms with E-state index in [0.29, 0.717) is 12.8 Å². The summed E-state index contributed by atoms with van der Waals surface area (Å²) in [5.74, 6) is -1.80. The van der Waals surface area contributed by atoms with Gasteiger partial charge in [-0.2, -0.15) is 0 Å². The Morgan fingerprint density at radius 2 is 1.00 bits per heavy atom. The Labute approximate surface area is 342 Å². The standard InChI is InChI=1S/C48H81NO7/c1-6-8-10-12-14-16-18-19-20-21-22-23-24-25-26-27-29-31-33-35-37-39-47(51)56-44(42-54-41-40-45(48(52)53)49(3,4)5)43-55-46(50)38-36-34-32-30-28-17-15-13-11-9-7-2/h8,10,14,16,19-20,22-23,25-26,29,31,44-45H,6-7,9,11-13,15,17-18,21,24,27-28,30,32-43H2,1-5H3/b10-8+,16-14+,20-19+,23-22+,26-25+,31-29+. The molecular formula is C48H81NO7. The van der Waals surface area contributed by atoms with E-state index in [1.165, 1.54) is 51.4 Å². The maximum Gasteiger partial charge on any atom is 0.306 e. The van der Waals surface area contributed by atoms with Crippen LogP contribution < -0.4 is 5.11 Å². The Hall–Kier alpha value is -3.23. The molecule has 0 amide bonds. The van der Waals surface area contributed by atoms with Gasteiger partial charge in [0, 0.05) is 19.3 Å². The summed E-state index contributed by atoms with van der Waals surface area (Å²) in [4.78, 5) is 36.8. The van der Waals surface area contributed by atoms with E-state index in [-0.39, 0.29) is 49.1 Å². The minimum atomic E-state index is -1.13. The van der Waals surface area contributed by atoms with Crippen molar-refractivity contribution in [2.75, 3.05) is 41.0 Å². The second-order valence-electron chi connectivity index (χ2n) is 15.6. The second-order valence-corrected chi connectivity index (χ2v) is 15.6. The molecule has 0 bridgehead atoms. The number of carboxylic acid groups (broad SMARTS) is 1. The lowest BCUT2D eigenvalue weighted by atomic mass is 10.1. The molecule has 8 heteroatoms. The number of hydrogen-bond donors (Lipinski definition) is 0. The van der Waals surface area contributed by atoms with Gasteiger partial charge in [-0.3, -0.25) is 9.59 Å². The van der Waals surface area contributed by atoms with Gasteiger partial charge >= 0.3 is 11.9 Å². The lowest BCUT2D eigenvalue weighted by molar-refractivity contribution is -0.889. The van der Waals surface area contributed by atoms with Crippen molar-refractivity contribution in [2.45, 2.75) is 174 Å². The van der Waals surface area contributed by atoms with Crippen LogP contribution in [0.4, 0.5) is 0 Å². The first-order chi connectivity index (χ1) is 27.1. The number of allylic oxidation sites excluding steroid dienone is 12. The molecule has 0 aromatic rings. The van der Waals surface area contributed by atoms with Gasteiger partial charge in [-0.05, 0) is 64.2 Å². The third-order valence-electron chi connectivity index (χ3n) is 9.36. The average molecular weight is 784 g/mol. The number of rotatable bonds is 38. The van der Waals surface area contributed by atoms with E-state index in [1.54, 1.807) is 21.1 Å². The summed E-state index contributed by atoms with van der Waals surface area (Å²) in [6, 6.07) is -0.735. The molecule has 0 spiro atoms. The van der Waals surface area contributed by atoms with Crippen molar-refractivity contribution in [1.29, 1.82) is 0 Å². The summed E-state index contributed by atoms with van der Waals surface area (Å²) in [6.45, 7) is 4.48. The minimum Gasteiger partial charge on any atom is -0.544 e. The highest BCUT2D eigenvalue weighted by atomic mass is 16.6. The number of unbranched alkanes of at least 4 members (excludes halogenated alkanes) is 12. The Morgan fingerprint density at radius 3 is 1.48 bits per heavy atom. The number of likely N-dealkylation sites (N-methyl/N-ethyl adjacent to an activating group) is 1. The molecule has 0 N–H and O–H groups in total. The maximum absolute atomic E-state index is 12.7. The summed E-state index contributed by atoms with van der Waals surface area (Å²) < 4.78 is 17.1. The molecule has 0 fully saturated rings. The smallest absolute Gasteiger partial charge is 0.306 e. The van der Waals surface area contributed by atoms with Crippen LogP contribution in [-0.4, -0.2) is 75.5 Å². The molecule has 0 aliphatic carbocycles. The fraction of sp³-hybridized carbons (Fsp3) is 0.688. The van der Waals surface area contributed by atoms with Crippen LogP contribution >= 0.6 is 0 Å². The van der Waals surface area contributed by atoms with Crippen molar-refractivity contribution in [2.24, 2.45) is 0 Å². The number of carbonyl (C=O) groups excluding carboxylic acids is 3. The van der Waals surface area contributed by atoms with Gasteiger partial charge in [0.05, 0.1) is 40.3 Å². The first-order valence-electron chi connectivity index (χ1n) is 22.0. The number of carbonyl (C=O) groups is 3. The third-order valence-corrected chi connectivity index (χ3v) is 9.36. The molecule has 0 aromatic carbocycles. The topological polar surface area (TPSA) is 102 Å². The van der Waals surface area contributed by atoms with E-state index in [2.05, 4.69) is 86.8 Å². The molecule has 8 nitrogen and oxygen atoms in total. The maximum atomic E-state index is 12.7. The van der Waals surface area contributed by atoms with E-state index in [4.69, 9.17) is 14.2 Å². The van der Waals surface area contributed by atoms with Crippen LogP contribution in [0.3, 0.4) is 0 Å². The number of hydrogen-bond acceptors (Lipinski definition) is 7. The molecule has 2 atom stereocenters. The number of esters is 2. The number of quaternary nitrogens is 1. The molecule has 56 heavy (non-hydrogen) atoms. The molecular weight excluding hydrogens is 703 g/mol. The average Bonchev–Trinajstić information content (AvgIpc) is 3.15. The predicted molar refractivity (Wildman–Crippen MR) is 231 cm³/mol. The number of ether oxygens (including phenoxy) is 3. The highest BCUT2D eigenvalue weighted by Crippen LogP contribution is 2.13. The van der Waals surface area contributed by atoms with Crippen LogP contribution in [0.25, 0.3) is 0 Å². The van der Waals surface area contributed by atoms with Crippen molar-refractivity contribution in [3.05, 3.63) is 72.9 Å². The van der Waals surface area contributed by atoms with E-state index < -0.39 is 18.1 Å². The molecule has 0 aliphatic rings. The molecule has 0 heterocycles. The molecule has 0 saturated heterocycles. The van der Waals surface area contributed by atoms with Gasteiger partial charge in [0.2, 0.25) is 0 Å². The Kier molecular flexibility index (Phi) is 36.4. The summed E-state index contributed by atoms with van der Waals surface area (Å²) >= 11 is 0. The Morgan fingerprint density at radius 1 is 0.554 bits per heavy atom. The monoisotopic (exact) mass is 784 g/mol. The van der Waals surface area contributed by atoms with Crippen LogP contribution in [0.15, 0.2) is 72.9 Å². The quantitative estimate of drug-likeness (QED) is 0.0266. The van der Waals surface area contributed by atoms with Crippen molar-refractivity contribution in [3.8, 4) is 0 Å². The normalized spacial score (nSPS) is 13.7. The van der Waals surface area contributed by atoms with Crippen LogP contribution in [0.5, 0.6) is 0 Å². The fourth-order valence-electron chi connectivity index (χ4n) is 5.95. The first-order valence-corrected chi connectivity index (χ1v) is 22.0. The van der Waals surface area contributed by atoms with Gasteiger partial charge in [0.25, 0.3) is 0 Å². The molecule has 0 saturated carbocycles. The lowest BCUT2D eigenvalue weighted by Crippen LogP contribution is -2.55. The van der Waals surface area contributed by atoms with Gasteiger partial charge in [-0.1, -0.05) is 151 Å². The molecule has 0 rings (SSSR count). The fourth-order valence-corrected chi connectivity index (χ4v) is 5.95. The van der Waals surface area contributed by atoms with E-state index >= 15 is 0 Å². The van der Waals surface area contributed by atoms with Crippen LogP contribution in [0.2, 0.25) is 0 Å². The van der Waals surface area contributed by atoms with Crippen LogP contribution in [0.1, 0.15) is 162 Å².